The van der Waals surface area contributed by atoms with Gasteiger partial charge in [-0.2, -0.15) is 0 Å². The number of hydrogen-bond donors (Lipinski definition) is 1. The van der Waals surface area contributed by atoms with Gasteiger partial charge in [-0.3, -0.25) is 0 Å². The maximum Gasteiger partial charge on any atom is 0.358 e. The Balaban J connectivity index is 2.64. The van der Waals surface area contributed by atoms with E-state index in [0.717, 1.165) is 0 Å². The lowest BCUT2D eigenvalue weighted by molar-refractivity contribution is 0.0688. The van der Waals surface area contributed by atoms with Crippen molar-refractivity contribution in [3.8, 4) is 17.2 Å². The van der Waals surface area contributed by atoms with Crippen LogP contribution in [-0.2, 0) is 0 Å². The minimum atomic E-state index is -1.10. The third-order valence-corrected chi connectivity index (χ3v) is 3.07. The van der Waals surface area contributed by atoms with E-state index >= 15 is 0 Å². The fourth-order valence-corrected chi connectivity index (χ4v) is 2.10. The van der Waals surface area contributed by atoms with E-state index < -0.39 is 5.97 Å². The molecule has 2 rings (SSSR count). The largest absolute Gasteiger partial charge is 0.497 e. The first-order valence-electron chi connectivity index (χ1n) is 6.40. The van der Waals surface area contributed by atoms with Crippen LogP contribution in [0.5, 0.6) is 11.5 Å². The fourth-order valence-electron chi connectivity index (χ4n) is 2.10. The van der Waals surface area contributed by atoms with E-state index in [1.54, 1.807) is 25.3 Å². The molecule has 0 saturated carbocycles. The van der Waals surface area contributed by atoms with E-state index in [4.69, 9.17) is 9.47 Å². The molecule has 0 aliphatic heterocycles. The second-order valence-electron chi connectivity index (χ2n) is 4.73. The van der Waals surface area contributed by atoms with Crippen LogP contribution < -0.4 is 9.47 Å². The quantitative estimate of drug-likeness (QED) is 0.908. The molecule has 0 aliphatic carbocycles. The molecule has 1 N–H and O–H groups in total. The smallest absolute Gasteiger partial charge is 0.358 e. The van der Waals surface area contributed by atoms with E-state index in [1.807, 2.05) is 13.8 Å². The van der Waals surface area contributed by atoms with Gasteiger partial charge in [-0.05, 0) is 18.1 Å². The molecule has 0 radical (unpaired) electrons. The van der Waals surface area contributed by atoms with Gasteiger partial charge in [0, 0.05) is 6.07 Å². The molecule has 2 aromatic rings. The van der Waals surface area contributed by atoms with Crippen LogP contribution in [0.1, 0.15) is 35.9 Å². The number of aromatic nitrogens is 3. The van der Waals surface area contributed by atoms with Crippen molar-refractivity contribution in [2.45, 2.75) is 19.8 Å². The van der Waals surface area contributed by atoms with Crippen LogP contribution in [0.15, 0.2) is 18.2 Å². The maximum absolute atomic E-state index is 11.3. The standard InChI is InChI=1S/C14H17N3O4/c1-8(2)13-12(14(18)19)15-16-17(13)10-6-5-9(20-3)7-11(10)21-4/h5-8H,1-4H3,(H,18,19). The molecule has 0 atom stereocenters. The normalized spacial score (nSPS) is 10.7. The van der Waals surface area contributed by atoms with E-state index in [0.29, 0.717) is 22.9 Å². The van der Waals surface area contributed by atoms with Crippen LogP contribution in [0.25, 0.3) is 5.69 Å². The molecule has 112 valence electrons. The molecule has 1 aromatic carbocycles. The van der Waals surface area contributed by atoms with Gasteiger partial charge in [-0.15, -0.1) is 5.10 Å². The third-order valence-electron chi connectivity index (χ3n) is 3.07. The summed E-state index contributed by atoms with van der Waals surface area (Å²) in [6.45, 7) is 3.77. The molecule has 7 nitrogen and oxygen atoms in total. The summed E-state index contributed by atoms with van der Waals surface area (Å²) < 4.78 is 12.0. The summed E-state index contributed by atoms with van der Waals surface area (Å²) in [7, 11) is 3.09. The Kier molecular flexibility index (Phi) is 4.11. The molecule has 0 aliphatic rings. The minimum absolute atomic E-state index is 0.0529. The lowest BCUT2D eigenvalue weighted by Gasteiger charge is -2.14. The Morgan fingerprint density at radius 1 is 1.29 bits per heavy atom. The van der Waals surface area contributed by atoms with E-state index in [9.17, 15) is 9.90 Å². The molecule has 0 amide bonds. The third kappa shape index (κ3) is 2.67. The number of benzene rings is 1. The Bertz CT molecular complexity index is 664. The molecule has 0 fully saturated rings. The highest BCUT2D eigenvalue weighted by Crippen LogP contribution is 2.30. The van der Waals surface area contributed by atoms with Gasteiger partial charge in [0.1, 0.15) is 17.2 Å². The summed E-state index contributed by atoms with van der Waals surface area (Å²) in [6.07, 6.45) is 0. The predicted molar refractivity (Wildman–Crippen MR) is 75.5 cm³/mol. The van der Waals surface area contributed by atoms with Gasteiger partial charge >= 0.3 is 5.97 Å². The second kappa shape index (κ2) is 5.82. The number of methoxy groups -OCH3 is 2. The van der Waals surface area contributed by atoms with Gasteiger partial charge in [0.15, 0.2) is 5.69 Å². The topological polar surface area (TPSA) is 86.5 Å². The van der Waals surface area contributed by atoms with Crippen molar-refractivity contribution in [1.82, 2.24) is 15.0 Å². The maximum atomic E-state index is 11.3. The first-order valence-corrected chi connectivity index (χ1v) is 6.40. The van der Waals surface area contributed by atoms with Crippen LogP contribution in [0.4, 0.5) is 0 Å². The fraction of sp³-hybridized carbons (Fsp3) is 0.357. The first-order chi connectivity index (χ1) is 9.99. The zero-order valence-corrected chi connectivity index (χ0v) is 12.3. The Morgan fingerprint density at radius 2 is 2.00 bits per heavy atom. The van der Waals surface area contributed by atoms with Gasteiger partial charge in [0.05, 0.1) is 19.9 Å². The highest BCUT2D eigenvalue weighted by Gasteiger charge is 2.23. The van der Waals surface area contributed by atoms with Crippen molar-refractivity contribution in [2.75, 3.05) is 14.2 Å². The Morgan fingerprint density at radius 3 is 2.52 bits per heavy atom. The van der Waals surface area contributed by atoms with Crippen LogP contribution in [0, 0.1) is 0 Å². The Hall–Kier alpha value is -2.57. The number of nitrogens with zero attached hydrogens (tertiary/aromatic N) is 3. The molecule has 0 spiro atoms. The van der Waals surface area contributed by atoms with Crippen molar-refractivity contribution in [3.63, 3.8) is 0 Å². The van der Waals surface area contributed by atoms with Crippen LogP contribution in [0.3, 0.4) is 0 Å². The lowest BCUT2D eigenvalue weighted by Crippen LogP contribution is -2.09. The number of carbonyl (C=O) groups is 1. The molecule has 1 heterocycles. The summed E-state index contributed by atoms with van der Waals surface area (Å²) >= 11 is 0. The Labute approximate surface area is 122 Å². The molecule has 0 bridgehead atoms. The summed E-state index contributed by atoms with van der Waals surface area (Å²) in [5.74, 6) is 0.00805. The minimum Gasteiger partial charge on any atom is -0.497 e. The number of aromatic carboxylic acids is 1. The average molecular weight is 291 g/mol. The molecular weight excluding hydrogens is 274 g/mol. The van der Waals surface area contributed by atoms with Crippen molar-refractivity contribution >= 4 is 5.97 Å². The van der Waals surface area contributed by atoms with Gasteiger partial charge < -0.3 is 14.6 Å². The SMILES string of the molecule is COc1ccc(-n2nnc(C(=O)O)c2C(C)C)c(OC)c1. The van der Waals surface area contributed by atoms with Crippen LogP contribution >= 0.6 is 0 Å². The van der Waals surface area contributed by atoms with Crippen molar-refractivity contribution in [3.05, 3.63) is 29.6 Å². The molecular formula is C14H17N3O4. The first kappa shape index (κ1) is 14.8. The number of hydrogen-bond acceptors (Lipinski definition) is 5. The lowest BCUT2D eigenvalue weighted by atomic mass is 10.1. The highest BCUT2D eigenvalue weighted by atomic mass is 16.5. The summed E-state index contributed by atoms with van der Waals surface area (Å²) in [5, 5.41) is 16.9. The molecule has 21 heavy (non-hydrogen) atoms. The number of carboxylic acid groups (broad SMARTS) is 1. The number of ether oxygens (including phenoxy) is 2. The van der Waals surface area contributed by atoms with E-state index in [1.165, 1.54) is 11.8 Å². The monoisotopic (exact) mass is 291 g/mol. The van der Waals surface area contributed by atoms with Gasteiger partial charge in [-0.1, -0.05) is 19.1 Å². The van der Waals surface area contributed by atoms with Crippen molar-refractivity contribution in [2.24, 2.45) is 0 Å². The second-order valence-corrected chi connectivity index (χ2v) is 4.73. The molecule has 1 aromatic heterocycles. The van der Waals surface area contributed by atoms with Crippen molar-refractivity contribution in [1.29, 1.82) is 0 Å². The zero-order valence-electron chi connectivity index (χ0n) is 12.3. The van der Waals surface area contributed by atoms with Crippen molar-refractivity contribution < 1.29 is 19.4 Å². The van der Waals surface area contributed by atoms with Gasteiger partial charge in [0.25, 0.3) is 0 Å². The predicted octanol–water partition coefficient (Wildman–Crippen LogP) is 2.11. The van der Waals surface area contributed by atoms with E-state index in [2.05, 4.69) is 10.3 Å². The summed E-state index contributed by atoms with van der Waals surface area (Å²) in [4.78, 5) is 11.3. The van der Waals surface area contributed by atoms with Gasteiger partial charge in [-0.25, -0.2) is 9.48 Å². The van der Waals surface area contributed by atoms with Crippen LogP contribution in [0.2, 0.25) is 0 Å². The molecule has 0 saturated heterocycles. The van der Waals surface area contributed by atoms with Gasteiger partial charge in [0.2, 0.25) is 0 Å². The molecule has 7 heteroatoms. The summed E-state index contributed by atoms with van der Waals surface area (Å²) in [5.41, 5.74) is 1.08. The van der Waals surface area contributed by atoms with Crippen LogP contribution in [-0.4, -0.2) is 40.3 Å². The zero-order chi connectivity index (χ0) is 15.6. The number of carboxylic acids is 1. The molecule has 0 unspecified atom stereocenters. The summed E-state index contributed by atoms with van der Waals surface area (Å²) in [6, 6.07) is 5.22. The average Bonchev–Trinajstić information content (AvgIpc) is 2.91. The number of rotatable bonds is 5. The van der Waals surface area contributed by atoms with E-state index in [-0.39, 0.29) is 11.6 Å². The highest BCUT2D eigenvalue weighted by molar-refractivity contribution is 5.86.